The summed E-state index contributed by atoms with van der Waals surface area (Å²) < 4.78 is 42.1. The van der Waals surface area contributed by atoms with Gasteiger partial charge in [0.2, 0.25) is 5.89 Å². The molecule has 1 aromatic carbocycles. The zero-order valence-electron chi connectivity index (χ0n) is 22.4. The molecule has 2 fully saturated rings. The van der Waals surface area contributed by atoms with Gasteiger partial charge in [-0.2, -0.15) is 8.78 Å². The third-order valence-electron chi connectivity index (χ3n) is 6.57. The highest BCUT2D eigenvalue weighted by Gasteiger charge is 2.31. The van der Waals surface area contributed by atoms with Crippen LogP contribution in [0.25, 0.3) is 11.5 Å². The van der Waals surface area contributed by atoms with Crippen LogP contribution in [0.5, 0.6) is 11.5 Å². The summed E-state index contributed by atoms with van der Waals surface area (Å²) >= 11 is 0. The van der Waals surface area contributed by atoms with E-state index in [0.29, 0.717) is 50.8 Å². The number of urea groups is 1. The molecule has 2 N–H and O–H groups in total. The molecule has 1 saturated carbocycles. The van der Waals surface area contributed by atoms with Gasteiger partial charge in [0.05, 0.1) is 12.6 Å². The summed E-state index contributed by atoms with van der Waals surface area (Å²) in [7, 11) is 1.77. The highest BCUT2D eigenvalue weighted by atomic mass is 35.5. The van der Waals surface area contributed by atoms with E-state index in [-0.39, 0.29) is 53.2 Å². The number of carbonyl (C=O) groups excluding carboxylic acids is 2. The van der Waals surface area contributed by atoms with Crippen LogP contribution in [0.4, 0.5) is 13.6 Å². The predicted molar refractivity (Wildman–Crippen MR) is 142 cm³/mol. The van der Waals surface area contributed by atoms with E-state index >= 15 is 0 Å². The number of amides is 3. The number of benzene rings is 1. The number of aromatic nitrogens is 1. The zero-order chi connectivity index (χ0) is 27.4. The van der Waals surface area contributed by atoms with Crippen molar-refractivity contribution in [1.29, 1.82) is 0 Å². The summed E-state index contributed by atoms with van der Waals surface area (Å²) in [4.78, 5) is 35.5. The van der Waals surface area contributed by atoms with Crippen molar-refractivity contribution >= 4 is 24.3 Å². The van der Waals surface area contributed by atoms with Crippen LogP contribution in [0.2, 0.25) is 0 Å². The van der Waals surface area contributed by atoms with Gasteiger partial charge in [-0.15, -0.1) is 12.4 Å². The number of carbonyl (C=O) groups is 2. The van der Waals surface area contributed by atoms with Crippen LogP contribution in [0.1, 0.15) is 55.4 Å². The molecule has 2 heterocycles. The fraction of sp³-hybridized carbons (Fsp3) is 0.577. The van der Waals surface area contributed by atoms with Gasteiger partial charge in [-0.1, -0.05) is 6.92 Å². The smallest absolute Gasteiger partial charge is 0.387 e. The molecule has 1 atom stereocenters. The largest absolute Gasteiger partial charge is 0.489 e. The Morgan fingerprint density at radius 2 is 1.85 bits per heavy atom. The van der Waals surface area contributed by atoms with Gasteiger partial charge in [-0.3, -0.25) is 4.79 Å². The third kappa shape index (κ3) is 7.51. The molecule has 0 bridgehead atoms. The van der Waals surface area contributed by atoms with Crippen molar-refractivity contribution < 1.29 is 32.3 Å². The molecule has 1 aromatic heterocycles. The van der Waals surface area contributed by atoms with Gasteiger partial charge >= 0.3 is 12.6 Å². The van der Waals surface area contributed by atoms with E-state index in [9.17, 15) is 18.4 Å². The van der Waals surface area contributed by atoms with Gasteiger partial charge in [0.15, 0.2) is 23.0 Å². The molecule has 216 valence electrons. The lowest BCUT2D eigenvalue weighted by Gasteiger charge is -2.36. The van der Waals surface area contributed by atoms with E-state index in [1.54, 1.807) is 28.7 Å². The van der Waals surface area contributed by atoms with Gasteiger partial charge in [0.25, 0.3) is 5.91 Å². The first-order valence-electron chi connectivity index (χ1n) is 13.0. The van der Waals surface area contributed by atoms with Crippen LogP contribution in [0.3, 0.4) is 0 Å². The number of nitrogens with zero attached hydrogens (tertiary/aromatic N) is 4. The van der Waals surface area contributed by atoms with E-state index in [1.807, 2.05) is 6.92 Å². The zero-order valence-corrected chi connectivity index (χ0v) is 23.2. The van der Waals surface area contributed by atoms with Crippen LogP contribution < -0.4 is 15.2 Å². The fourth-order valence-corrected chi connectivity index (χ4v) is 4.28. The molecule has 2 aliphatic rings. The Balaban J connectivity index is 0.00000420. The van der Waals surface area contributed by atoms with Crippen molar-refractivity contribution in [2.75, 3.05) is 46.4 Å². The molecule has 1 aliphatic carbocycles. The number of ether oxygens (including phenoxy) is 2. The number of hydrogen-bond acceptors (Lipinski definition) is 7. The number of alkyl halides is 2. The van der Waals surface area contributed by atoms with Crippen LogP contribution in [-0.2, 0) is 0 Å². The average Bonchev–Trinajstić information content (AvgIpc) is 3.62. The maximum Gasteiger partial charge on any atom is 0.387 e. The van der Waals surface area contributed by atoms with Crippen molar-refractivity contribution in [2.24, 2.45) is 11.7 Å². The third-order valence-corrected chi connectivity index (χ3v) is 6.57. The second kappa shape index (κ2) is 13.3. The summed E-state index contributed by atoms with van der Waals surface area (Å²) in [6, 6.07) is 3.73. The predicted octanol–water partition coefficient (Wildman–Crippen LogP) is 4.39. The Morgan fingerprint density at radius 3 is 2.44 bits per heavy atom. The van der Waals surface area contributed by atoms with Crippen molar-refractivity contribution in [2.45, 2.75) is 45.8 Å². The molecule has 13 heteroatoms. The van der Waals surface area contributed by atoms with Crippen molar-refractivity contribution in [3.8, 4) is 23.0 Å². The Kier molecular flexibility index (Phi) is 10.4. The van der Waals surface area contributed by atoms with Gasteiger partial charge in [0, 0.05) is 45.3 Å². The highest BCUT2D eigenvalue weighted by molar-refractivity contribution is 5.94. The molecule has 1 unspecified atom stereocenters. The van der Waals surface area contributed by atoms with Crippen LogP contribution in [-0.4, -0.2) is 84.6 Å². The molecule has 0 spiro atoms. The Bertz CT molecular complexity index is 1140. The second-order valence-electron chi connectivity index (χ2n) is 9.80. The van der Waals surface area contributed by atoms with E-state index < -0.39 is 12.7 Å². The molecule has 1 saturated heterocycles. The second-order valence-corrected chi connectivity index (χ2v) is 9.80. The average molecular weight is 572 g/mol. The number of nitrogens with two attached hydrogens (primary N) is 1. The number of halogens is 3. The summed E-state index contributed by atoms with van der Waals surface area (Å²) in [6.45, 7) is 3.28. The summed E-state index contributed by atoms with van der Waals surface area (Å²) in [6.07, 6.45) is 2.93. The molecular weight excluding hydrogens is 536 g/mol. The summed E-state index contributed by atoms with van der Waals surface area (Å²) in [5.74, 6) is 0.462. The molecule has 1 aliphatic heterocycles. The normalized spacial score (nSPS) is 16.1. The van der Waals surface area contributed by atoms with E-state index in [4.69, 9.17) is 14.9 Å². The van der Waals surface area contributed by atoms with E-state index in [1.165, 1.54) is 18.2 Å². The monoisotopic (exact) mass is 571 g/mol. The van der Waals surface area contributed by atoms with E-state index in [0.717, 1.165) is 19.3 Å². The molecule has 2 aromatic rings. The van der Waals surface area contributed by atoms with Crippen molar-refractivity contribution in [3.63, 3.8) is 0 Å². The molecule has 3 amide bonds. The SMILES string of the molecule is CCCN(C)C(=O)N1CCN(C(=O)c2nc(-c3ccc(OC(F)F)c(OCC4CC4)c3)oc2C(C)N)CC1.Cl. The quantitative estimate of drug-likeness (QED) is 0.450. The lowest BCUT2D eigenvalue weighted by atomic mass is 10.2. The van der Waals surface area contributed by atoms with E-state index in [2.05, 4.69) is 9.72 Å². The van der Waals surface area contributed by atoms with Gasteiger partial charge in [-0.25, -0.2) is 9.78 Å². The van der Waals surface area contributed by atoms with Crippen LogP contribution in [0, 0.1) is 5.92 Å². The number of oxazole rings is 1. The molecule has 4 rings (SSSR count). The van der Waals surface area contributed by atoms with Crippen LogP contribution in [0.15, 0.2) is 22.6 Å². The minimum atomic E-state index is -3.00. The number of piperazine rings is 1. The maximum atomic E-state index is 13.4. The first kappa shape index (κ1) is 30.4. The van der Waals surface area contributed by atoms with Crippen molar-refractivity contribution in [1.82, 2.24) is 19.7 Å². The topological polar surface area (TPSA) is 114 Å². The lowest BCUT2D eigenvalue weighted by molar-refractivity contribution is -0.0515. The van der Waals surface area contributed by atoms with Crippen LogP contribution >= 0.6 is 12.4 Å². The van der Waals surface area contributed by atoms with Gasteiger partial charge in [-0.05, 0) is 50.3 Å². The minimum absolute atomic E-state index is 0. The number of hydrogen-bond donors (Lipinski definition) is 1. The maximum absolute atomic E-state index is 13.4. The fourth-order valence-electron chi connectivity index (χ4n) is 4.28. The highest BCUT2D eigenvalue weighted by Crippen LogP contribution is 2.37. The first-order valence-corrected chi connectivity index (χ1v) is 13.0. The Hall–Kier alpha value is -3.12. The molecular formula is C26H36ClF2N5O5. The standard InChI is InChI=1S/C26H35F2N5O5.ClH/c1-4-9-31(3)26(35)33-12-10-32(11-13-33)24(34)21-22(16(2)29)38-23(30-21)18-7-8-19(37-25(27)28)20(14-18)36-15-17-5-6-17;/h7-8,14,16-17,25H,4-6,9-13,15,29H2,1-3H3;1H. The molecule has 0 radical (unpaired) electrons. The lowest BCUT2D eigenvalue weighted by Crippen LogP contribution is -2.53. The Labute approximate surface area is 232 Å². The van der Waals surface area contributed by atoms with Gasteiger partial charge in [0.1, 0.15) is 0 Å². The molecule has 10 nitrogen and oxygen atoms in total. The molecule has 39 heavy (non-hydrogen) atoms. The summed E-state index contributed by atoms with van der Waals surface area (Å²) in [5, 5.41) is 0. The minimum Gasteiger partial charge on any atom is -0.489 e. The van der Waals surface area contributed by atoms with Gasteiger partial charge < -0.3 is 34.3 Å². The Morgan fingerprint density at radius 1 is 1.18 bits per heavy atom. The van der Waals surface area contributed by atoms with Crippen molar-refractivity contribution in [3.05, 3.63) is 29.7 Å². The first-order chi connectivity index (χ1) is 18.2. The summed E-state index contributed by atoms with van der Waals surface area (Å²) in [5.41, 5.74) is 6.63. The number of rotatable bonds is 10.